The van der Waals surface area contributed by atoms with E-state index in [0.29, 0.717) is 12.8 Å². The van der Waals surface area contributed by atoms with Gasteiger partial charge in [0, 0.05) is 11.6 Å². The number of aliphatic carboxylic acids is 1. The number of hydrogen-bond acceptors (Lipinski definition) is 3. The predicted octanol–water partition coefficient (Wildman–Crippen LogP) is 3.93. The van der Waals surface area contributed by atoms with Crippen molar-refractivity contribution in [1.29, 1.82) is 0 Å². The molecule has 5 nitrogen and oxygen atoms in total. The van der Waals surface area contributed by atoms with Gasteiger partial charge in [-0.1, -0.05) is 48.7 Å². The average molecular weight is 372 g/mol. The molecule has 1 aliphatic carbocycles. The average Bonchev–Trinajstić information content (AvgIpc) is 2.54. The molecule has 1 aromatic rings. The highest BCUT2D eigenvalue weighted by Crippen LogP contribution is 2.34. The molecular weight excluding hydrogens is 353 g/mol. The zero-order valence-corrected chi connectivity index (χ0v) is 14.6. The van der Waals surface area contributed by atoms with Crippen molar-refractivity contribution < 1.29 is 19.4 Å². The molecule has 2 N–H and O–H groups in total. The molecule has 2 atom stereocenters. The van der Waals surface area contributed by atoms with Crippen molar-refractivity contribution in [2.24, 2.45) is 5.92 Å². The first-order chi connectivity index (χ1) is 11.4. The fraction of sp³-hybridized carbons (Fsp3) is 0.412. The van der Waals surface area contributed by atoms with E-state index in [4.69, 9.17) is 27.9 Å². The fourth-order valence-electron chi connectivity index (χ4n) is 2.82. The van der Waals surface area contributed by atoms with Gasteiger partial charge in [-0.15, -0.1) is 0 Å². The number of nitrogens with one attached hydrogen (secondary N) is 1. The molecule has 1 aliphatic rings. The highest BCUT2D eigenvalue weighted by molar-refractivity contribution is 6.37. The zero-order valence-electron chi connectivity index (χ0n) is 13.1. The molecule has 0 bridgehead atoms. The quantitative estimate of drug-likeness (QED) is 0.742. The van der Waals surface area contributed by atoms with Crippen molar-refractivity contribution in [3.63, 3.8) is 0 Å². The summed E-state index contributed by atoms with van der Waals surface area (Å²) in [7, 11) is 0. The third kappa shape index (κ3) is 4.42. The number of carbonyl (C=O) groups is 2. The van der Waals surface area contributed by atoms with Gasteiger partial charge >= 0.3 is 5.97 Å². The second kappa shape index (κ2) is 8.40. The SMILES string of the molecule is C=CCOc1c(Cl)cc(C(=O)N[C@H]2CCCC[C@@H]2C(=O)O)cc1Cl. The molecule has 0 heterocycles. The second-order valence-corrected chi connectivity index (χ2v) is 6.49. The molecule has 2 rings (SSSR count). The minimum atomic E-state index is -0.885. The Morgan fingerprint density at radius 1 is 1.29 bits per heavy atom. The summed E-state index contributed by atoms with van der Waals surface area (Å²) in [5, 5.41) is 12.5. The molecule has 0 radical (unpaired) electrons. The monoisotopic (exact) mass is 371 g/mol. The van der Waals surface area contributed by atoms with Crippen LogP contribution in [0.3, 0.4) is 0 Å². The molecule has 130 valence electrons. The molecule has 0 unspecified atom stereocenters. The lowest BCUT2D eigenvalue weighted by Gasteiger charge is -2.29. The maximum Gasteiger partial charge on any atom is 0.308 e. The number of carboxylic acids is 1. The maximum absolute atomic E-state index is 12.4. The molecule has 7 heteroatoms. The lowest BCUT2D eigenvalue weighted by atomic mass is 9.84. The fourth-order valence-corrected chi connectivity index (χ4v) is 3.42. The number of carboxylic acid groups (broad SMARTS) is 1. The zero-order chi connectivity index (χ0) is 17.7. The van der Waals surface area contributed by atoms with Gasteiger partial charge in [0.15, 0.2) is 5.75 Å². The summed E-state index contributed by atoms with van der Waals surface area (Å²) >= 11 is 12.2. The number of halogens is 2. The summed E-state index contributed by atoms with van der Waals surface area (Å²) in [5.41, 5.74) is 0.269. The van der Waals surface area contributed by atoms with Crippen LogP contribution in [-0.4, -0.2) is 29.6 Å². The molecule has 1 amide bonds. The molecule has 1 aromatic carbocycles. The van der Waals surface area contributed by atoms with E-state index in [-0.39, 0.29) is 28.0 Å². The Bertz CT molecular complexity index is 624. The van der Waals surface area contributed by atoms with Gasteiger partial charge in [0.2, 0.25) is 0 Å². The van der Waals surface area contributed by atoms with Crippen LogP contribution in [0.5, 0.6) is 5.75 Å². The number of hydrogen-bond donors (Lipinski definition) is 2. The Morgan fingerprint density at radius 3 is 2.50 bits per heavy atom. The normalized spacial score (nSPS) is 20.2. The van der Waals surface area contributed by atoms with Gasteiger partial charge in [0.1, 0.15) is 6.61 Å². The van der Waals surface area contributed by atoms with E-state index in [1.54, 1.807) is 6.08 Å². The molecule has 24 heavy (non-hydrogen) atoms. The molecule has 1 fully saturated rings. The summed E-state index contributed by atoms with van der Waals surface area (Å²) in [5.74, 6) is -1.56. The first-order valence-corrected chi connectivity index (χ1v) is 8.46. The lowest BCUT2D eigenvalue weighted by molar-refractivity contribution is -0.143. The van der Waals surface area contributed by atoms with E-state index in [0.717, 1.165) is 12.8 Å². The molecule has 0 aromatic heterocycles. The van der Waals surface area contributed by atoms with Crippen LogP contribution >= 0.6 is 23.2 Å². The predicted molar refractivity (Wildman–Crippen MR) is 93.0 cm³/mol. The first-order valence-electron chi connectivity index (χ1n) is 7.70. The van der Waals surface area contributed by atoms with Gasteiger partial charge in [-0.2, -0.15) is 0 Å². The van der Waals surface area contributed by atoms with Crippen LogP contribution in [-0.2, 0) is 4.79 Å². The maximum atomic E-state index is 12.4. The van der Waals surface area contributed by atoms with Gasteiger partial charge in [-0.3, -0.25) is 9.59 Å². The van der Waals surface area contributed by atoms with Crippen LogP contribution in [0.15, 0.2) is 24.8 Å². The Kier molecular flexibility index (Phi) is 6.52. The standard InChI is InChI=1S/C17H19Cl2NO4/c1-2-7-24-15-12(18)8-10(9-13(15)19)16(21)20-14-6-4-3-5-11(14)17(22)23/h2,8-9,11,14H,1,3-7H2,(H,20,21)(H,22,23)/t11-,14-/m0/s1. The Morgan fingerprint density at radius 2 is 1.92 bits per heavy atom. The van der Waals surface area contributed by atoms with Crippen LogP contribution in [0.4, 0.5) is 0 Å². The van der Waals surface area contributed by atoms with E-state index in [1.807, 2.05) is 0 Å². The van der Waals surface area contributed by atoms with E-state index in [9.17, 15) is 14.7 Å². The number of ether oxygens (including phenoxy) is 1. The Labute approximate surface area is 150 Å². The minimum Gasteiger partial charge on any atom is -0.486 e. The van der Waals surface area contributed by atoms with Crippen LogP contribution < -0.4 is 10.1 Å². The van der Waals surface area contributed by atoms with Crippen LogP contribution in [0.1, 0.15) is 36.0 Å². The minimum absolute atomic E-state index is 0.216. The van der Waals surface area contributed by atoms with E-state index in [2.05, 4.69) is 11.9 Å². The lowest BCUT2D eigenvalue weighted by Crippen LogP contribution is -2.45. The number of benzene rings is 1. The van der Waals surface area contributed by atoms with Crippen molar-refractivity contribution >= 4 is 35.1 Å². The Hall–Kier alpha value is -1.72. The Balaban J connectivity index is 2.14. The van der Waals surface area contributed by atoms with Crippen LogP contribution in [0, 0.1) is 5.92 Å². The summed E-state index contributed by atoms with van der Waals surface area (Å²) in [4.78, 5) is 23.8. The molecule has 0 spiro atoms. The van der Waals surface area contributed by atoms with Gasteiger partial charge in [-0.25, -0.2) is 0 Å². The highest BCUT2D eigenvalue weighted by Gasteiger charge is 2.32. The second-order valence-electron chi connectivity index (χ2n) is 5.68. The topological polar surface area (TPSA) is 75.6 Å². The summed E-state index contributed by atoms with van der Waals surface area (Å²) < 4.78 is 5.36. The van der Waals surface area contributed by atoms with Crippen molar-refractivity contribution in [1.82, 2.24) is 5.32 Å². The van der Waals surface area contributed by atoms with Crippen LogP contribution in [0.2, 0.25) is 10.0 Å². The number of rotatable bonds is 6. The van der Waals surface area contributed by atoms with E-state index in [1.165, 1.54) is 12.1 Å². The largest absolute Gasteiger partial charge is 0.486 e. The third-order valence-corrected chi connectivity index (χ3v) is 4.57. The molecule has 1 saturated carbocycles. The first kappa shape index (κ1) is 18.6. The van der Waals surface area contributed by atoms with E-state index >= 15 is 0 Å². The highest BCUT2D eigenvalue weighted by atomic mass is 35.5. The van der Waals surface area contributed by atoms with Crippen molar-refractivity contribution in [2.75, 3.05) is 6.61 Å². The molecule has 0 aliphatic heterocycles. The third-order valence-electron chi connectivity index (χ3n) is 4.01. The number of carbonyl (C=O) groups excluding carboxylic acids is 1. The molecular formula is C17H19Cl2NO4. The van der Waals surface area contributed by atoms with Crippen molar-refractivity contribution in [2.45, 2.75) is 31.7 Å². The van der Waals surface area contributed by atoms with Crippen LogP contribution in [0.25, 0.3) is 0 Å². The summed E-state index contributed by atoms with van der Waals surface area (Å²) in [6, 6.07) is 2.53. The van der Waals surface area contributed by atoms with Gasteiger partial charge in [0.25, 0.3) is 5.91 Å². The summed E-state index contributed by atoms with van der Waals surface area (Å²) in [6.07, 6.45) is 4.52. The van der Waals surface area contributed by atoms with Crippen molar-refractivity contribution in [3.8, 4) is 5.75 Å². The van der Waals surface area contributed by atoms with Gasteiger partial charge in [-0.05, 0) is 25.0 Å². The molecule has 0 saturated heterocycles. The van der Waals surface area contributed by atoms with E-state index < -0.39 is 23.8 Å². The van der Waals surface area contributed by atoms with Gasteiger partial charge in [0.05, 0.1) is 16.0 Å². The smallest absolute Gasteiger partial charge is 0.308 e. The van der Waals surface area contributed by atoms with Crippen molar-refractivity contribution in [3.05, 3.63) is 40.4 Å². The van der Waals surface area contributed by atoms with Gasteiger partial charge < -0.3 is 15.2 Å². The number of amides is 1. The summed E-state index contributed by atoms with van der Waals surface area (Å²) in [6.45, 7) is 3.79.